The lowest BCUT2D eigenvalue weighted by Crippen LogP contribution is -2.34. The van der Waals surface area contributed by atoms with Gasteiger partial charge in [0, 0.05) is 41.3 Å². The molecule has 0 saturated carbocycles. The lowest BCUT2D eigenvalue weighted by Gasteiger charge is -2.26. The first kappa shape index (κ1) is 17.2. The summed E-state index contributed by atoms with van der Waals surface area (Å²) in [5, 5.41) is 1.15. The molecule has 1 aromatic heterocycles. The van der Waals surface area contributed by atoms with E-state index < -0.39 is 0 Å². The van der Waals surface area contributed by atoms with Gasteiger partial charge in [0.15, 0.2) is 0 Å². The molecule has 4 rings (SSSR count). The van der Waals surface area contributed by atoms with E-state index in [0.717, 1.165) is 23.1 Å². The maximum Gasteiger partial charge on any atom is 0.254 e. The third kappa shape index (κ3) is 3.28. The molecular weight excluding hydrogens is 340 g/mol. The first-order chi connectivity index (χ1) is 13.2. The van der Waals surface area contributed by atoms with Gasteiger partial charge in [0.2, 0.25) is 0 Å². The number of aromatic nitrogens is 1. The number of carbonyl (C=O) groups is 1. The summed E-state index contributed by atoms with van der Waals surface area (Å²) in [7, 11) is 3.28. The fraction of sp³-hybridized carbons (Fsp3) is 0.227. The Bertz CT molecular complexity index is 1020. The number of amides is 1. The molecule has 5 heteroatoms. The van der Waals surface area contributed by atoms with Crippen LogP contribution in [0.25, 0.3) is 16.5 Å². The van der Waals surface area contributed by atoms with Crippen molar-refractivity contribution in [3.8, 4) is 11.5 Å². The van der Waals surface area contributed by atoms with Gasteiger partial charge >= 0.3 is 0 Å². The fourth-order valence-electron chi connectivity index (χ4n) is 3.53. The van der Waals surface area contributed by atoms with Crippen LogP contribution in [0, 0.1) is 0 Å². The van der Waals surface area contributed by atoms with Crippen LogP contribution in [0.4, 0.5) is 0 Å². The van der Waals surface area contributed by atoms with E-state index in [2.05, 4.69) is 17.1 Å². The van der Waals surface area contributed by atoms with Crippen LogP contribution in [-0.4, -0.2) is 43.1 Å². The van der Waals surface area contributed by atoms with Crippen LogP contribution in [0.1, 0.15) is 22.3 Å². The number of methoxy groups -OCH3 is 2. The third-order valence-electron chi connectivity index (χ3n) is 5.05. The maximum absolute atomic E-state index is 12.8. The summed E-state index contributed by atoms with van der Waals surface area (Å²) in [6.45, 7) is 1.29. The lowest BCUT2D eigenvalue weighted by molar-refractivity contribution is 0.0772. The minimum atomic E-state index is 0.0322. The van der Waals surface area contributed by atoms with Crippen molar-refractivity contribution < 1.29 is 14.3 Å². The summed E-state index contributed by atoms with van der Waals surface area (Å²) in [6.07, 6.45) is 5.00. The van der Waals surface area contributed by atoms with Gasteiger partial charge in [-0.05, 0) is 48.4 Å². The number of carbonyl (C=O) groups excluding carboxylic acids is 1. The normalized spacial score (nSPS) is 14.1. The average Bonchev–Trinajstić information content (AvgIpc) is 3.16. The molecule has 3 aromatic rings. The van der Waals surface area contributed by atoms with Gasteiger partial charge in [-0.1, -0.05) is 12.1 Å². The summed E-state index contributed by atoms with van der Waals surface area (Å²) < 4.78 is 10.6. The molecule has 1 N–H and O–H groups in total. The van der Waals surface area contributed by atoms with Gasteiger partial charge in [0.05, 0.1) is 14.2 Å². The summed E-state index contributed by atoms with van der Waals surface area (Å²) in [6, 6.07) is 13.3. The first-order valence-electron chi connectivity index (χ1n) is 8.97. The van der Waals surface area contributed by atoms with E-state index in [1.807, 2.05) is 41.4 Å². The van der Waals surface area contributed by atoms with Crippen molar-refractivity contribution in [3.05, 3.63) is 65.9 Å². The Morgan fingerprint density at radius 2 is 1.89 bits per heavy atom. The highest BCUT2D eigenvalue weighted by atomic mass is 16.5. The standard InChI is InChI=1S/C22H22N2O3/c1-26-17-5-3-4-16(12-17)22(25)24-10-8-15(9-11-24)20-14-23-21-7-6-18(27-2)13-19(20)21/h3-8,12-14,23H,9-11H2,1-2H3. The Hall–Kier alpha value is -3.21. The number of hydrogen-bond acceptors (Lipinski definition) is 3. The molecule has 2 heterocycles. The zero-order valence-corrected chi connectivity index (χ0v) is 15.5. The highest BCUT2D eigenvalue weighted by molar-refractivity contribution is 5.96. The molecule has 27 heavy (non-hydrogen) atoms. The van der Waals surface area contributed by atoms with Crippen molar-refractivity contribution >= 4 is 22.4 Å². The van der Waals surface area contributed by atoms with Gasteiger partial charge in [0.25, 0.3) is 5.91 Å². The fourth-order valence-corrected chi connectivity index (χ4v) is 3.53. The van der Waals surface area contributed by atoms with Crippen LogP contribution < -0.4 is 9.47 Å². The number of ether oxygens (including phenoxy) is 2. The van der Waals surface area contributed by atoms with Crippen molar-refractivity contribution in [1.29, 1.82) is 0 Å². The van der Waals surface area contributed by atoms with Crippen LogP contribution in [0.5, 0.6) is 11.5 Å². The molecule has 0 bridgehead atoms. The van der Waals surface area contributed by atoms with Gasteiger partial charge < -0.3 is 19.4 Å². The van der Waals surface area contributed by atoms with Gasteiger partial charge in [-0.2, -0.15) is 0 Å². The van der Waals surface area contributed by atoms with Crippen LogP contribution in [0.3, 0.4) is 0 Å². The number of nitrogens with one attached hydrogen (secondary N) is 1. The van der Waals surface area contributed by atoms with E-state index in [4.69, 9.17) is 9.47 Å². The summed E-state index contributed by atoms with van der Waals surface area (Å²) in [5.41, 5.74) is 4.17. The van der Waals surface area contributed by atoms with Crippen molar-refractivity contribution in [2.75, 3.05) is 27.3 Å². The second-order valence-electron chi connectivity index (χ2n) is 6.58. The van der Waals surface area contributed by atoms with Crippen LogP contribution in [0.15, 0.2) is 54.7 Å². The van der Waals surface area contributed by atoms with E-state index in [1.54, 1.807) is 20.3 Å². The molecular formula is C22H22N2O3. The van der Waals surface area contributed by atoms with Gasteiger partial charge in [-0.25, -0.2) is 0 Å². The Kier molecular flexibility index (Phi) is 4.59. The average molecular weight is 362 g/mol. The zero-order chi connectivity index (χ0) is 18.8. The second-order valence-corrected chi connectivity index (χ2v) is 6.58. The molecule has 0 fully saturated rings. The molecule has 0 unspecified atom stereocenters. The molecule has 0 radical (unpaired) electrons. The number of fused-ring (bicyclic) bond motifs is 1. The van der Waals surface area contributed by atoms with Gasteiger partial charge in [-0.15, -0.1) is 0 Å². The molecule has 2 aromatic carbocycles. The van der Waals surface area contributed by atoms with Gasteiger partial charge in [-0.3, -0.25) is 4.79 Å². The Balaban J connectivity index is 1.56. The van der Waals surface area contributed by atoms with Crippen molar-refractivity contribution in [1.82, 2.24) is 9.88 Å². The highest BCUT2D eigenvalue weighted by Gasteiger charge is 2.21. The zero-order valence-electron chi connectivity index (χ0n) is 15.5. The minimum absolute atomic E-state index is 0.0322. The number of H-pyrrole nitrogens is 1. The number of nitrogens with zero attached hydrogens (tertiary/aromatic N) is 1. The van der Waals surface area contributed by atoms with E-state index in [0.29, 0.717) is 24.4 Å². The SMILES string of the molecule is COc1cccc(C(=O)N2CC=C(c3c[nH]c4ccc(OC)cc34)CC2)c1. The van der Waals surface area contributed by atoms with Crippen molar-refractivity contribution in [2.45, 2.75) is 6.42 Å². The number of rotatable bonds is 4. The molecule has 0 saturated heterocycles. The van der Waals surface area contributed by atoms with E-state index in [-0.39, 0.29) is 5.91 Å². The largest absolute Gasteiger partial charge is 0.497 e. The van der Waals surface area contributed by atoms with Crippen LogP contribution >= 0.6 is 0 Å². The summed E-state index contributed by atoms with van der Waals surface area (Å²) >= 11 is 0. The van der Waals surface area contributed by atoms with Crippen molar-refractivity contribution in [3.63, 3.8) is 0 Å². The quantitative estimate of drug-likeness (QED) is 0.760. The molecule has 0 aliphatic carbocycles. The van der Waals surface area contributed by atoms with E-state index >= 15 is 0 Å². The number of hydrogen-bond donors (Lipinski definition) is 1. The lowest BCUT2D eigenvalue weighted by atomic mass is 9.98. The van der Waals surface area contributed by atoms with Crippen LogP contribution in [-0.2, 0) is 0 Å². The van der Waals surface area contributed by atoms with E-state index in [9.17, 15) is 4.79 Å². The number of aromatic amines is 1. The third-order valence-corrected chi connectivity index (χ3v) is 5.05. The molecule has 5 nitrogen and oxygen atoms in total. The first-order valence-corrected chi connectivity index (χ1v) is 8.97. The predicted molar refractivity (Wildman–Crippen MR) is 106 cm³/mol. The summed E-state index contributed by atoms with van der Waals surface area (Å²) in [5.74, 6) is 1.57. The summed E-state index contributed by atoms with van der Waals surface area (Å²) in [4.78, 5) is 18.0. The maximum atomic E-state index is 12.8. The molecule has 0 atom stereocenters. The molecule has 138 valence electrons. The van der Waals surface area contributed by atoms with Crippen molar-refractivity contribution in [2.24, 2.45) is 0 Å². The molecule has 1 aliphatic heterocycles. The Morgan fingerprint density at radius 1 is 1.07 bits per heavy atom. The molecule has 0 spiro atoms. The minimum Gasteiger partial charge on any atom is -0.497 e. The number of benzene rings is 2. The van der Waals surface area contributed by atoms with Crippen LogP contribution in [0.2, 0.25) is 0 Å². The highest BCUT2D eigenvalue weighted by Crippen LogP contribution is 2.31. The molecule has 1 aliphatic rings. The Labute approximate surface area is 158 Å². The monoisotopic (exact) mass is 362 g/mol. The van der Waals surface area contributed by atoms with Gasteiger partial charge in [0.1, 0.15) is 11.5 Å². The Morgan fingerprint density at radius 3 is 2.63 bits per heavy atom. The van der Waals surface area contributed by atoms with E-state index in [1.165, 1.54) is 11.1 Å². The second kappa shape index (κ2) is 7.19. The topological polar surface area (TPSA) is 54.6 Å². The smallest absolute Gasteiger partial charge is 0.254 e. The predicted octanol–water partition coefficient (Wildman–Crippen LogP) is 4.11. The molecule has 1 amide bonds.